The second-order valence-corrected chi connectivity index (χ2v) is 4.80. The Bertz CT molecular complexity index is 647. The zero-order valence-corrected chi connectivity index (χ0v) is 12.2. The number of carbonyl (C=O) groups excluding carboxylic acids is 1. The number of aromatic nitrogens is 1. The summed E-state index contributed by atoms with van der Waals surface area (Å²) in [7, 11) is 0. The van der Waals surface area contributed by atoms with Gasteiger partial charge in [0.2, 0.25) is 0 Å². The van der Waals surface area contributed by atoms with Crippen molar-refractivity contribution in [1.29, 1.82) is 0 Å². The number of ether oxygens (including phenoxy) is 1. The summed E-state index contributed by atoms with van der Waals surface area (Å²) in [6.45, 7) is -0.245. The molecular weight excluding hydrogens is 315 g/mol. The number of anilines is 1. The molecule has 0 amide bonds. The Morgan fingerprint density at radius 3 is 2.62 bits per heavy atom. The zero-order valence-electron chi connectivity index (χ0n) is 10.7. The highest BCUT2D eigenvalue weighted by atomic mass is 35.5. The first kappa shape index (κ1) is 15.3. The van der Waals surface area contributed by atoms with Gasteiger partial charge in [0, 0.05) is 11.8 Å². The van der Waals surface area contributed by atoms with Crippen LogP contribution in [0.15, 0.2) is 42.6 Å². The Balaban J connectivity index is 1.84. The summed E-state index contributed by atoms with van der Waals surface area (Å²) in [5.74, 6) is -0.250. The summed E-state index contributed by atoms with van der Waals surface area (Å²) < 4.78 is 17.9. The van der Waals surface area contributed by atoms with Crippen LogP contribution in [0.2, 0.25) is 5.02 Å². The van der Waals surface area contributed by atoms with E-state index in [-0.39, 0.29) is 17.6 Å². The van der Waals surface area contributed by atoms with Crippen LogP contribution in [-0.2, 0) is 4.74 Å². The molecule has 0 fully saturated rings. The minimum atomic E-state index is -0.404. The van der Waals surface area contributed by atoms with Gasteiger partial charge in [-0.1, -0.05) is 11.6 Å². The van der Waals surface area contributed by atoms with Gasteiger partial charge in [0.05, 0.1) is 5.02 Å². The second-order valence-electron chi connectivity index (χ2n) is 3.99. The predicted molar refractivity (Wildman–Crippen MR) is 82.2 cm³/mol. The number of halogens is 2. The molecule has 1 aromatic heterocycles. The van der Waals surface area contributed by atoms with Crippen molar-refractivity contribution in [3.05, 3.63) is 59.0 Å². The van der Waals surface area contributed by atoms with Crippen LogP contribution in [0.5, 0.6) is 0 Å². The number of carbonyl (C=O) groups is 1. The van der Waals surface area contributed by atoms with Crippen LogP contribution in [-0.4, -0.2) is 22.5 Å². The lowest BCUT2D eigenvalue weighted by Gasteiger charge is -2.08. The molecule has 0 saturated heterocycles. The van der Waals surface area contributed by atoms with Gasteiger partial charge in [-0.25, -0.2) is 9.37 Å². The number of hydrogen-bond donors (Lipinski definition) is 1. The van der Waals surface area contributed by atoms with E-state index < -0.39 is 5.82 Å². The third-order valence-electron chi connectivity index (χ3n) is 2.46. The van der Waals surface area contributed by atoms with E-state index in [9.17, 15) is 9.18 Å². The maximum absolute atomic E-state index is 12.7. The fourth-order valence-electron chi connectivity index (χ4n) is 1.44. The number of pyridine rings is 1. The van der Waals surface area contributed by atoms with E-state index in [1.54, 1.807) is 12.1 Å². The van der Waals surface area contributed by atoms with Gasteiger partial charge in [0.25, 0.3) is 5.17 Å². The maximum Gasteiger partial charge on any atom is 0.262 e. The van der Waals surface area contributed by atoms with Crippen molar-refractivity contribution >= 4 is 40.6 Å². The van der Waals surface area contributed by atoms with Crippen LogP contribution in [0.25, 0.3) is 0 Å². The lowest BCUT2D eigenvalue weighted by molar-refractivity contribution is 0.0916. The fraction of sp³-hybridized carbons (Fsp3) is 0.0714. The van der Waals surface area contributed by atoms with E-state index in [2.05, 4.69) is 10.3 Å². The molecule has 0 unspecified atom stereocenters. The highest BCUT2D eigenvalue weighted by Crippen LogP contribution is 2.10. The Kier molecular flexibility index (Phi) is 5.19. The van der Waals surface area contributed by atoms with Crippen molar-refractivity contribution in [2.24, 2.45) is 0 Å². The lowest BCUT2D eigenvalue weighted by Crippen LogP contribution is -2.19. The van der Waals surface area contributed by atoms with E-state index in [1.165, 1.54) is 30.5 Å². The molecule has 2 rings (SSSR count). The lowest BCUT2D eigenvalue weighted by atomic mass is 10.1. The average molecular weight is 325 g/mol. The summed E-state index contributed by atoms with van der Waals surface area (Å²) in [6.07, 6.45) is 1.45. The van der Waals surface area contributed by atoms with E-state index in [1.807, 2.05) is 0 Å². The Morgan fingerprint density at radius 2 is 2.00 bits per heavy atom. The van der Waals surface area contributed by atoms with E-state index in [0.717, 1.165) is 0 Å². The molecule has 0 saturated carbocycles. The topological polar surface area (TPSA) is 51.2 Å². The molecule has 2 aromatic rings. The molecule has 4 nitrogen and oxygen atoms in total. The molecule has 0 bridgehead atoms. The van der Waals surface area contributed by atoms with Gasteiger partial charge in [-0.15, -0.1) is 0 Å². The van der Waals surface area contributed by atoms with Crippen molar-refractivity contribution in [2.75, 3.05) is 11.9 Å². The number of thiocarbonyl (C=S) groups is 1. The van der Waals surface area contributed by atoms with Gasteiger partial charge < -0.3 is 10.1 Å². The molecule has 1 aromatic carbocycles. The van der Waals surface area contributed by atoms with Crippen LogP contribution >= 0.6 is 23.8 Å². The number of Topliss-reactive ketones (excluding diaryl/α,β-unsaturated/α-hetero) is 1. The van der Waals surface area contributed by atoms with Crippen LogP contribution in [0.1, 0.15) is 10.4 Å². The first-order chi connectivity index (χ1) is 10.0. The molecule has 0 spiro atoms. The van der Waals surface area contributed by atoms with E-state index >= 15 is 0 Å². The average Bonchev–Trinajstić information content (AvgIpc) is 2.48. The summed E-state index contributed by atoms with van der Waals surface area (Å²) in [6, 6.07) is 8.46. The minimum Gasteiger partial charge on any atom is -0.462 e. The number of ketones is 1. The number of benzene rings is 1. The molecule has 108 valence electrons. The Labute approximate surface area is 130 Å². The van der Waals surface area contributed by atoms with Gasteiger partial charge in [0.15, 0.2) is 12.4 Å². The van der Waals surface area contributed by atoms with Crippen molar-refractivity contribution in [2.45, 2.75) is 0 Å². The molecule has 7 heteroatoms. The number of nitrogens with zero attached hydrogens (tertiary/aromatic N) is 1. The molecule has 0 radical (unpaired) electrons. The highest BCUT2D eigenvalue weighted by Gasteiger charge is 2.08. The quantitative estimate of drug-likeness (QED) is 0.689. The number of nitrogens with one attached hydrogen (secondary N) is 1. The third-order valence-corrected chi connectivity index (χ3v) is 2.90. The van der Waals surface area contributed by atoms with Gasteiger partial charge >= 0.3 is 0 Å². The van der Waals surface area contributed by atoms with Gasteiger partial charge in [-0.3, -0.25) is 4.79 Å². The summed E-state index contributed by atoms with van der Waals surface area (Å²) in [5.41, 5.74) is 0.351. The maximum atomic E-state index is 12.7. The van der Waals surface area contributed by atoms with Gasteiger partial charge in [-0.05, 0) is 48.6 Å². The third kappa shape index (κ3) is 4.77. The fourth-order valence-corrected chi connectivity index (χ4v) is 1.72. The summed E-state index contributed by atoms with van der Waals surface area (Å²) in [5, 5.41) is 3.23. The van der Waals surface area contributed by atoms with Gasteiger partial charge in [-0.2, -0.15) is 0 Å². The van der Waals surface area contributed by atoms with Crippen molar-refractivity contribution in [3.8, 4) is 0 Å². The molecule has 0 aliphatic carbocycles. The zero-order chi connectivity index (χ0) is 15.2. The van der Waals surface area contributed by atoms with Crippen LogP contribution in [0.4, 0.5) is 10.2 Å². The van der Waals surface area contributed by atoms with Crippen LogP contribution < -0.4 is 5.32 Å². The molecule has 0 aliphatic heterocycles. The smallest absolute Gasteiger partial charge is 0.262 e. The second kappa shape index (κ2) is 7.10. The SMILES string of the molecule is O=C(COC(=S)Nc1ccc(Cl)cn1)c1ccc(F)cc1. The molecule has 0 aliphatic rings. The summed E-state index contributed by atoms with van der Waals surface area (Å²) in [4.78, 5) is 15.8. The monoisotopic (exact) mass is 324 g/mol. The first-order valence-corrected chi connectivity index (χ1v) is 6.67. The normalized spacial score (nSPS) is 10.0. The number of hydrogen-bond acceptors (Lipinski definition) is 4. The molecule has 1 N–H and O–H groups in total. The van der Waals surface area contributed by atoms with E-state index in [4.69, 9.17) is 28.6 Å². The highest BCUT2D eigenvalue weighted by molar-refractivity contribution is 7.80. The number of rotatable bonds is 4. The van der Waals surface area contributed by atoms with Crippen LogP contribution in [0, 0.1) is 5.82 Å². The standard InChI is InChI=1S/C14H10ClFN2O2S/c15-10-3-6-13(17-7-10)18-14(21)20-8-12(19)9-1-4-11(16)5-2-9/h1-7H,8H2,(H,17,18,21). The molecule has 21 heavy (non-hydrogen) atoms. The van der Waals surface area contributed by atoms with Gasteiger partial charge in [0.1, 0.15) is 11.6 Å². The van der Waals surface area contributed by atoms with Crippen molar-refractivity contribution in [1.82, 2.24) is 4.98 Å². The van der Waals surface area contributed by atoms with Crippen molar-refractivity contribution in [3.63, 3.8) is 0 Å². The Morgan fingerprint density at radius 1 is 1.29 bits per heavy atom. The molecule has 0 atom stereocenters. The largest absolute Gasteiger partial charge is 0.462 e. The Hall–Kier alpha value is -2.05. The minimum absolute atomic E-state index is 0.0142. The molecular formula is C14H10ClFN2O2S. The van der Waals surface area contributed by atoms with E-state index in [0.29, 0.717) is 16.4 Å². The van der Waals surface area contributed by atoms with Crippen LogP contribution in [0.3, 0.4) is 0 Å². The predicted octanol–water partition coefficient (Wildman–Crippen LogP) is 3.47. The summed E-state index contributed by atoms with van der Waals surface area (Å²) >= 11 is 10.6. The van der Waals surface area contributed by atoms with Crippen molar-refractivity contribution < 1.29 is 13.9 Å². The molecule has 1 heterocycles. The first-order valence-electron chi connectivity index (χ1n) is 5.89.